The highest BCUT2D eigenvalue weighted by Crippen LogP contribution is 2.27. The maximum atomic E-state index is 13.3. The van der Waals surface area contributed by atoms with Gasteiger partial charge in [0.25, 0.3) is 0 Å². The van der Waals surface area contributed by atoms with E-state index in [-0.39, 0.29) is 11.5 Å². The second-order valence-electron chi connectivity index (χ2n) is 3.47. The zero-order valence-corrected chi connectivity index (χ0v) is 7.49. The normalized spacial score (nSPS) is 21.5. The van der Waals surface area contributed by atoms with E-state index in [0.717, 1.165) is 18.7 Å². The Labute approximate surface area is 79.9 Å². The first-order valence-electron chi connectivity index (χ1n) is 4.53. The quantitative estimate of drug-likeness (QED) is 0.734. The van der Waals surface area contributed by atoms with Gasteiger partial charge in [0.05, 0.1) is 0 Å². The van der Waals surface area contributed by atoms with Crippen LogP contribution in [0.2, 0.25) is 0 Å². The molecule has 1 nitrogen and oxygen atoms in total. The molecule has 1 unspecified atom stereocenters. The van der Waals surface area contributed by atoms with Crippen LogP contribution in [-0.4, -0.2) is 13.1 Å². The van der Waals surface area contributed by atoms with Gasteiger partial charge in [-0.05, 0) is 13.0 Å². The SMILES string of the molecule is Fc1cc(F)c(C2CCNC2)c(F)c1. The monoisotopic (exact) mass is 201 g/mol. The lowest BCUT2D eigenvalue weighted by Crippen LogP contribution is -2.10. The van der Waals surface area contributed by atoms with E-state index in [9.17, 15) is 13.2 Å². The number of nitrogens with one attached hydrogen (secondary N) is 1. The lowest BCUT2D eigenvalue weighted by molar-refractivity contribution is 0.507. The van der Waals surface area contributed by atoms with Crippen molar-refractivity contribution in [2.24, 2.45) is 0 Å². The van der Waals surface area contributed by atoms with E-state index in [1.165, 1.54) is 0 Å². The summed E-state index contributed by atoms with van der Waals surface area (Å²) in [5.41, 5.74) is 0.0106. The molecule has 1 atom stereocenters. The van der Waals surface area contributed by atoms with Gasteiger partial charge in [-0.15, -0.1) is 0 Å². The summed E-state index contributed by atoms with van der Waals surface area (Å²) in [4.78, 5) is 0. The molecule has 0 aliphatic carbocycles. The van der Waals surface area contributed by atoms with Crippen molar-refractivity contribution in [2.45, 2.75) is 12.3 Å². The van der Waals surface area contributed by atoms with Gasteiger partial charge in [-0.1, -0.05) is 0 Å². The fourth-order valence-corrected chi connectivity index (χ4v) is 1.84. The molecule has 1 aliphatic heterocycles. The number of rotatable bonds is 1. The van der Waals surface area contributed by atoms with E-state index >= 15 is 0 Å². The summed E-state index contributed by atoms with van der Waals surface area (Å²) < 4.78 is 39.1. The van der Waals surface area contributed by atoms with Gasteiger partial charge >= 0.3 is 0 Å². The molecule has 0 aromatic heterocycles. The molecule has 0 saturated carbocycles. The average molecular weight is 201 g/mol. The molecule has 14 heavy (non-hydrogen) atoms. The number of halogens is 3. The maximum absolute atomic E-state index is 13.3. The molecule has 1 N–H and O–H groups in total. The highest BCUT2D eigenvalue weighted by Gasteiger charge is 2.24. The predicted molar refractivity (Wildman–Crippen MR) is 46.5 cm³/mol. The maximum Gasteiger partial charge on any atom is 0.132 e. The van der Waals surface area contributed by atoms with E-state index < -0.39 is 17.5 Å². The largest absolute Gasteiger partial charge is 0.316 e. The Morgan fingerprint density at radius 1 is 1.14 bits per heavy atom. The van der Waals surface area contributed by atoms with Crippen LogP contribution in [0.5, 0.6) is 0 Å². The second kappa shape index (κ2) is 3.61. The van der Waals surface area contributed by atoms with E-state index in [2.05, 4.69) is 5.32 Å². The van der Waals surface area contributed by atoms with Crippen molar-refractivity contribution in [2.75, 3.05) is 13.1 Å². The Morgan fingerprint density at radius 3 is 2.29 bits per heavy atom. The molecule has 1 heterocycles. The molecule has 1 aromatic rings. The van der Waals surface area contributed by atoms with Crippen LogP contribution in [0.15, 0.2) is 12.1 Å². The summed E-state index contributed by atoms with van der Waals surface area (Å²) in [5.74, 6) is -2.60. The minimum Gasteiger partial charge on any atom is -0.316 e. The standard InChI is InChI=1S/C10H10F3N/c11-7-3-8(12)10(9(13)4-7)6-1-2-14-5-6/h3-4,6,14H,1-2,5H2. The lowest BCUT2D eigenvalue weighted by Gasteiger charge is -2.11. The molecule has 0 radical (unpaired) electrons. The third-order valence-corrected chi connectivity index (χ3v) is 2.51. The van der Waals surface area contributed by atoms with E-state index in [1.807, 2.05) is 0 Å². The highest BCUT2D eigenvalue weighted by molar-refractivity contribution is 5.25. The summed E-state index contributed by atoms with van der Waals surface area (Å²) in [6, 6.07) is 1.47. The third kappa shape index (κ3) is 1.62. The van der Waals surface area contributed by atoms with Crippen molar-refractivity contribution >= 4 is 0 Å². The van der Waals surface area contributed by atoms with Gasteiger partial charge < -0.3 is 5.32 Å². The first-order valence-corrected chi connectivity index (χ1v) is 4.53. The van der Waals surface area contributed by atoms with Crippen molar-refractivity contribution in [3.8, 4) is 0 Å². The van der Waals surface area contributed by atoms with E-state index in [4.69, 9.17) is 0 Å². The van der Waals surface area contributed by atoms with Crippen LogP contribution in [0, 0.1) is 17.5 Å². The summed E-state index contributed by atoms with van der Waals surface area (Å²) in [5, 5.41) is 3.01. The number of benzene rings is 1. The molecule has 1 aliphatic rings. The smallest absolute Gasteiger partial charge is 0.132 e. The van der Waals surface area contributed by atoms with Crippen molar-refractivity contribution in [3.63, 3.8) is 0 Å². The summed E-state index contributed by atoms with van der Waals surface area (Å²) in [6.07, 6.45) is 0.694. The lowest BCUT2D eigenvalue weighted by atomic mass is 9.97. The molecular weight excluding hydrogens is 191 g/mol. The molecule has 0 amide bonds. The topological polar surface area (TPSA) is 12.0 Å². The van der Waals surface area contributed by atoms with Crippen molar-refractivity contribution in [1.29, 1.82) is 0 Å². The summed E-state index contributed by atoms with van der Waals surface area (Å²) in [7, 11) is 0. The Kier molecular flexibility index (Phi) is 2.46. The molecule has 1 fully saturated rings. The first-order chi connectivity index (χ1) is 6.68. The van der Waals surface area contributed by atoms with Gasteiger partial charge in [0, 0.05) is 30.2 Å². The molecule has 1 aromatic carbocycles. The van der Waals surface area contributed by atoms with Crippen LogP contribution in [0.3, 0.4) is 0 Å². The van der Waals surface area contributed by atoms with E-state index in [1.54, 1.807) is 0 Å². The minimum absolute atomic E-state index is 0.0106. The summed E-state index contributed by atoms with van der Waals surface area (Å²) >= 11 is 0. The Morgan fingerprint density at radius 2 is 1.79 bits per heavy atom. The average Bonchev–Trinajstić information content (AvgIpc) is 2.54. The Hall–Kier alpha value is -1.03. The van der Waals surface area contributed by atoms with Crippen molar-refractivity contribution in [3.05, 3.63) is 35.1 Å². The molecule has 0 bridgehead atoms. The molecular formula is C10H10F3N. The molecule has 4 heteroatoms. The van der Waals surface area contributed by atoms with Gasteiger partial charge in [0.15, 0.2) is 0 Å². The van der Waals surface area contributed by atoms with Crippen LogP contribution in [0.25, 0.3) is 0 Å². The molecule has 76 valence electrons. The van der Waals surface area contributed by atoms with Crippen molar-refractivity contribution in [1.82, 2.24) is 5.32 Å². The van der Waals surface area contributed by atoms with E-state index in [0.29, 0.717) is 13.0 Å². The Balaban J connectivity index is 2.40. The number of hydrogen-bond donors (Lipinski definition) is 1. The summed E-state index contributed by atoms with van der Waals surface area (Å²) in [6.45, 7) is 1.31. The van der Waals surface area contributed by atoms with Crippen LogP contribution in [0.4, 0.5) is 13.2 Å². The van der Waals surface area contributed by atoms with Gasteiger partial charge in [-0.25, -0.2) is 13.2 Å². The Bertz CT molecular complexity index is 322. The fraction of sp³-hybridized carbons (Fsp3) is 0.400. The van der Waals surface area contributed by atoms with Gasteiger partial charge in [0.1, 0.15) is 17.5 Å². The van der Waals surface area contributed by atoms with Gasteiger partial charge in [0.2, 0.25) is 0 Å². The zero-order chi connectivity index (χ0) is 10.1. The van der Waals surface area contributed by atoms with Crippen LogP contribution >= 0.6 is 0 Å². The fourth-order valence-electron chi connectivity index (χ4n) is 1.84. The zero-order valence-electron chi connectivity index (χ0n) is 7.49. The molecule has 1 saturated heterocycles. The third-order valence-electron chi connectivity index (χ3n) is 2.51. The molecule has 0 spiro atoms. The highest BCUT2D eigenvalue weighted by atomic mass is 19.1. The minimum atomic E-state index is -0.866. The predicted octanol–water partition coefficient (Wildman–Crippen LogP) is 2.18. The van der Waals surface area contributed by atoms with Crippen LogP contribution < -0.4 is 5.32 Å². The van der Waals surface area contributed by atoms with Crippen LogP contribution in [-0.2, 0) is 0 Å². The van der Waals surface area contributed by atoms with Gasteiger partial charge in [-0.2, -0.15) is 0 Å². The number of hydrogen-bond acceptors (Lipinski definition) is 1. The van der Waals surface area contributed by atoms with Crippen LogP contribution in [0.1, 0.15) is 17.9 Å². The first kappa shape index (κ1) is 9.52. The molecule has 2 rings (SSSR count). The second-order valence-corrected chi connectivity index (χ2v) is 3.47. The van der Waals surface area contributed by atoms with Crippen molar-refractivity contribution < 1.29 is 13.2 Å². The van der Waals surface area contributed by atoms with Gasteiger partial charge in [-0.3, -0.25) is 0 Å².